The molecule has 0 spiro atoms. The SMILES string of the molecule is N#CCS(=O)c1c(Cl)cccc1Cl. The third-order valence-electron chi connectivity index (χ3n) is 1.34. The Balaban J connectivity index is 3.14. The summed E-state index contributed by atoms with van der Waals surface area (Å²) in [4.78, 5) is 0.340. The minimum Gasteiger partial charge on any atom is -0.253 e. The number of halogens is 2. The maximum atomic E-state index is 11.4. The summed E-state index contributed by atoms with van der Waals surface area (Å²) < 4.78 is 11.4. The number of hydrogen-bond acceptors (Lipinski definition) is 2. The number of benzene rings is 1. The van der Waals surface area contributed by atoms with Crippen molar-refractivity contribution in [2.45, 2.75) is 4.90 Å². The molecule has 0 aliphatic heterocycles. The van der Waals surface area contributed by atoms with Gasteiger partial charge in [0.1, 0.15) is 5.75 Å². The second kappa shape index (κ2) is 4.61. The fourth-order valence-electron chi connectivity index (χ4n) is 0.831. The second-order valence-corrected chi connectivity index (χ2v) is 4.40. The summed E-state index contributed by atoms with van der Waals surface area (Å²) in [6.45, 7) is 0. The first-order valence-corrected chi connectivity index (χ1v) is 5.43. The van der Waals surface area contributed by atoms with Gasteiger partial charge in [-0.3, -0.25) is 4.21 Å². The van der Waals surface area contributed by atoms with E-state index in [4.69, 9.17) is 28.5 Å². The molecule has 0 saturated carbocycles. The van der Waals surface area contributed by atoms with Crippen molar-refractivity contribution in [3.05, 3.63) is 28.2 Å². The molecular weight excluding hydrogens is 229 g/mol. The minimum absolute atomic E-state index is 0.0938. The fraction of sp³-hybridized carbons (Fsp3) is 0.125. The molecule has 0 radical (unpaired) electrons. The summed E-state index contributed by atoms with van der Waals surface area (Å²) in [5.74, 6) is -0.0938. The predicted molar refractivity (Wildman–Crippen MR) is 53.4 cm³/mol. The van der Waals surface area contributed by atoms with Crippen LogP contribution in [0.25, 0.3) is 0 Å². The Morgan fingerprint density at radius 3 is 2.38 bits per heavy atom. The van der Waals surface area contributed by atoms with Crippen LogP contribution < -0.4 is 0 Å². The first kappa shape index (κ1) is 10.5. The Bertz CT molecular complexity index is 366. The Morgan fingerprint density at radius 2 is 1.92 bits per heavy atom. The van der Waals surface area contributed by atoms with Crippen molar-refractivity contribution in [3.8, 4) is 6.07 Å². The van der Waals surface area contributed by atoms with E-state index in [0.29, 0.717) is 14.9 Å². The lowest BCUT2D eigenvalue weighted by Crippen LogP contribution is -1.97. The highest BCUT2D eigenvalue weighted by Gasteiger charge is 2.11. The molecule has 68 valence electrons. The van der Waals surface area contributed by atoms with Gasteiger partial charge in [-0.15, -0.1) is 0 Å². The highest BCUT2D eigenvalue weighted by Crippen LogP contribution is 2.27. The third-order valence-corrected chi connectivity index (χ3v) is 3.48. The molecule has 1 aromatic carbocycles. The lowest BCUT2D eigenvalue weighted by molar-refractivity contribution is 0.685. The average Bonchev–Trinajstić information content (AvgIpc) is 2.04. The minimum atomic E-state index is -1.43. The van der Waals surface area contributed by atoms with Crippen molar-refractivity contribution < 1.29 is 4.21 Å². The molecule has 0 aliphatic rings. The molecule has 13 heavy (non-hydrogen) atoms. The van der Waals surface area contributed by atoms with Crippen molar-refractivity contribution in [1.29, 1.82) is 5.26 Å². The van der Waals surface area contributed by atoms with E-state index in [2.05, 4.69) is 0 Å². The van der Waals surface area contributed by atoms with Crippen LogP contribution in [-0.4, -0.2) is 9.96 Å². The lowest BCUT2D eigenvalue weighted by atomic mass is 10.4. The number of rotatable bonds is 2. The van der Waals surface area contributed by atoms with Crippen LogP contribution in [0.5, 0.6) is 0 Å². The smallest absolute Gasteiger partial charge is 0.115 e. The van der Waals surface area contributed by atoms with Crippen LogP contribution in [0.3, 0.4) is 0 Å². The van der Waals surface area contributed by atoms with Gasteiger partial charge < -0.3 is 0 Å². The molecule has 0 saturated heterocycles. The maximum Gasteiger partial charge on any atom is 0.115 e. The van der Waals surface area contributed by atoms with Gasteiger partial charge in [0.25, 0.3) is 0 Å². The highest BCUT2D eigenvalue weighted by atomic mass is 35.5. The highest BCUT2D eigenvalue weighted by molar-refractivity contribution is 7.85. The Morgan fingerprint density at radius 1 is 1.38 bits per heavy atom. The topological polar surface area (TPSA) is 40.9 Å². The van der Waals surface area contributed by atoms with Crippen molar-refractivity contribution in [3.63, 3.8) is 0 Å². The maximum absolute atomic E-state index is 11.4. The Hall–Kier alpha value is -0.560. The van der Waals surface area contributed by atoms with E-state index < -0.39 is 10.8 Å². The van der Waals surface area contributed by atoms with Gasteiger partial charge in [-0.1, -0.05) is 29.3 Å². The molecule has 1 atom stereocenters. The van der Waals surface area contributed by atoms with Gasteiger partial charge >= 0.3 is 0 Å². The zero-order valence-electron chi connectivity index (χ0n) is 6.46. The van der Waals surface area contributed by atoms with Gasteiger partial charge in [0.05, 0.1) is 31.8 Å². The van der Waals surface area contributed by atoms with Crippen LogP contribution in [0.1, 0.15) is 0 Å². The summed E-state index contributed by atoms with van der Waals surface area (Å²) in [5, 5.41) is 9.02. The molecular formula is C8H5Cl2NOS. The van der Waals surface area contributed by atoms with Gasteiger partial charge in [-0.05, 0) is 12.1 Å². The molecule has 0 fully saturated rings. The van der Waals surface area contributed by atoms with E-state index in [-0.39, 0.29) is 5.75 Å². The largest absolute Gasteiger partial charge is 0.253 e. The van der Waals surface area contributed by atoms with Gasteiger partial charge in [0, 0.05) is 0 Å². The van der Waals surface area contributed by atoms with Crippen LogP contribution in [-0.2, 0) is 10.8 Å². The molecule has 1 unspecified atom stereocenters. The summed E-state index contributed by atoms with van der Waals surface area (Å²) in [6.07, 6.45) is 0. The fourth-order valence-corrected chi connectivity index (χ4v) is 2.58. The number of nitrogens with zero attached hydrogens (tertiary/aromatic N) is 1. The third kappa shape index (κ3) is 2.44. The van der Waals surface area contributed by atoms with Gasteiger partial charge in [0.2, 0.25) is 0 Å². The van der Waals surface area contributed by atoms with E-state index in [1.807, 2.05) is 0 Å². The zero-order valence-corrected chi connectivity index (χ0v) is 8.79. The Labute approximate surface area is 88.5 Å². The van der Waals surface area contributed by atoms with E-state index >= 15 is 0 Å². The van der Waals surface area contributed by atoms with E-state index in [0.717, 1.165) is 0 Å². The monoisotopic (exact) mass is 233 g/mol. The molecule has 0 heterocycles. The molecule has 1 aromatic rings. The number of nitriles is 1. The molecule has 2 nitrogen and oxygen atoms in total. The molecule has 0 N–H and O–H groups in total. The van der Waals surface area contributed by atoms with Crippen molar-refractivity contribution in [2.75, 3.05) is 5.75 Å². The predicted octanol–water partition coefficient (Wildman–Crippen LogP) is 2.62. The Kier molecular flexibility index (Phi) is 3.73. The van der Waals surface area contributed by atoms with E-state index in [9.17, 15) is 4.21 Å². The van der Waals surface area contributed by atoms with Crippen molar-refractivity contribution in [2.24, 2.45) is 0 Å². The summed E-state index contributed by atoms with van der Waals surface area (Å²) in [5.41, 5.74) is 0. The lowest BCUT2D eigenvalue weighted by Gasteiger charge is -2.02. The first-order valence-electron chi connectivity index (χ1n) is 3.36. The standard InChI is InChI=1S/C8H5Cl2NOS/c9-6-2-1-3-7(10)8(6)13(12)5-4-11/h1-3H,5H2. The van der Waals surface area contributed by atoms with Crippen LogP contribution in [0, 0.1) is 11.3 Å². The molecule has 0 aliphatic carbocycles. The number of hydrogen-bond donors (Lipinski definition) is 0. The molecule has 0 bridgehead atoms. The van der Waals surface area contributed by atoms with E-state index in [1.54, 1.807) is 24.3 Å². The quantitative estimate of drug-likeness (QED) is 0.789. The van der Waals surface area contributed by atoms with Gasteiger partial charge in [-0.2, -0.15) is 5.26 Å². The molecule has 1 rings (SSSR count). The molecule has 0 amide bonds. The van der Waals surface area contributed by atoms with Gasteiger partial charge in [-0.25, -0.2) is 0 Å². The van der Waals surface area contributed by atoms with Crippen LogP contribution in [0.15, 0.2) is 23.1 Å². The van der Waals surface area contributed by atoms with Crippen LogP contribution in [0.2, 0.25) is 10.0 Å². The first-order chi connectivity index (χ1) is 6.16. The van der Waals surface area contributed by atoms with Crippen molar-refractivity contribution >= 4 is 34.0 Å². The van der Waals surface area contributed by atoms with Crippen LogP contribution in [0.4, 0.5) is 0 Å². The van der Waals surface area contributed by atoms with E-state index in [1.165, 1.54) is 0 Å². The second-order valence-electron chi connectivity index (χ2n) is 2.20. The van der Waals surface area contributed by atoms with Gasteiger partial charge in [0.15, 0.2) is 0 Å². The van der Waals surface area contributed by atoms with Crippen LogP contribution >= 0.6 is 23.2 Å². The summed E-state index contributed by atoms with van der Waals surface area (Å²) >= 11 is 11.5. The average molecular weight is 234 g/mol. The zero-order chi connectivity index (χ0) is 9.84. The summed E-state index contributed by atoms with van der Waals surface area (Å²) in [7, 11) is -1.43. The molecule has 0 aromatic heterocycles. The molecule has 5 heteroatoms. The normalized spacial score (nSPS) is 12.1. The van der Waals surface area contributed by atoms with Crippen molar-refractivity contribution in [1.82, 2.24) is 0 Å². The summed E-state index contributed by atoms with van der Waals surface area (Å²) in [6, 6.07) is 6.66.